The first-order chi connectivity index (χ1) is 16.0. The van der Waals surface area contributed by atoms with Gasteiger partial charge in [-0.3, -0.25) is 20.4 Å². The lowest BCUT2D eigenvalue weighted by molar-refractivity contribution is -0.119. The molecule has 0 spiro atoms. The lowest BCUT2D eigenvalue weighted by Gasteiger charge is -2.36. The number of nitrogens with zero attached hydrogens (tertiary/aromatic N) is 4. The number of amides is 1. The van der Waals surface area contributed by atoms with E-state index >= 15 is 0 Å². The van der Waals surface area contributed by atoms with Crippen LogP contribution < -0.4 is 10.2 Å². The van der Waals surface area contributed by atoms with Gasteiger partial charge in [0.05, 0.1) is 17.4 Å². The molecule has 2 aliphatic heterocycles. The molecule has 0 aliphatic carbocycles. The molecule has 3 aromatic rings. The number of anilines is 1. The van der Waals surface area contributed by atoms with Gasteiger partial charge in [-0.2, -0.15) is 5.10 Å². The Balaban J connectivity index is 1.25. The smallest absolute Gasteiger partial charge is 0.228 e. The zero-order valence-corrected chi connectivity index (χ0v) is 18.8. The molecule has 1 unspecified atom stereocenters. The van der Waals surface area contributed by atoms with Gasteiger partial charge in [-0.15, -0.1) is 0 Å². The zero-order valence-electron chi connectivity index (χ0n) is 18.8. The number of benzene rings is 1. The molecule has 2 aromatic heterocycles. The van der Waals surface area contributed by atoms with Crippen LogP contribution in [0.25, 0.3) is 5.52 Å². The molecule has 0 bridgehead atoms. The summed E-state index contributed by atoms with van der Waals surface area (Å²) >= 11 is 0. The Hall–Kier alpha value is -3.26. The molecule has 33 heavy (non-hydrogen) atoms. The first-order valence-corrected chi connectivity index (χ1v) is 11.6. The number of rotatable bonds is 5. The number of piperidine rings is 1. The predicted molar refractivity (Wildman–Crippen MR) is 126 cm³/mol. The van der Waals surface area contributed by atoms with E-state index < -0.39 is 0 Å². The SMILES string of the molecule is CC(c1cccc(F)c1)N1CCC(Cc2ccn3ncc(N4CCC(=O)NC4=N)c3c2)CC1. The van der Waals surface area contributed by atoms with Crippen LogP contribution in [0.3, 0.4) is 0 Å². The van der Waals surface area contributed by atoms with E-state index in [1.165, 1.54) is 11.6 Å². The van der Waals surface area contributed by atoms with Crippen LogP contribution in [0.15, 0.2) is 48.8 Å². The molecule has 7 nitrogen and oxygen atoms in total. The van der Waals surface area contributed by atoms with Crippen LogP contribution in [0.1, 0.15) is 43.4 Å². The first-order valence-electron chi connectivity index (χ1n) is 11.6. The Morgan fingerprint density at radius 2 is 2.03 bits per heavy atom. The largest absolute Gasteiger partial charge is 0.309 e. The Kier molecular flexibility index (Phi) is 5.85. The fourth-order valence-corrected chi connectivity index (χ4v) is 5.03. The van der Waals surface area contributed by atoms with Crippen LogP contribution in [0.5, 0.6) is 0 Å². The number of carbonyl (C=O) groups excluding carboxylic acids is 1. The van der Waals surface area contributed by atoms with Crippen LogP contribution in [-0.2, 0) is 11.2 Å². The van der Waals surface area contributed by atoms with Crippen molar-refractivity contribution in [2.24, 2.45) is 5.92 Å². The average molecular weight is 449 g/mol. The van der Waals surface area contributed by atoms with Crippen LogP contribution >= 0.6 is 0 Å². The Morgan fingerprint density at radius 1 is 1.21 bits per heavy atom. The van der Waals surface area contributed by atoms with Crippen molar-refractivity contribution in [3.8, 4) is 0 Å². The number of aromatic nitrogens is 2. The standard InChI is InChI=1S/C25H29FN6O/c1-17(20-3-2-4-21(26)15-20)30-9-5-18(6-10-30)13-19-7-12-32-22(14-19)23(16-28-32)31-11-8-24(33)29-25(31)27/h2-4,7,12,14-18H,5-6,8-11,13H2,1H3,(H2,27,29,33). The summed E-state index contributed by atoms with van der Waals surface area (Å²) in [5, 5.41) is 15.2. The number of hydrogen-bond donors (Lipinski definition) is 2. The second-order valence-corrected chi connectivity index (χ2v) is 9.11. The minimum absolute atomic E-state index is 0.103. The van der Waals surface area contributed by atoms with Crippen molar-refractivity contribution < 1.29 is 9.18 Å². The summed E-state index contributed by atoms with van der Waals surface area (Å²) in [5.74, 6) is 0.408. The highest BCUT2D eigenvalue weighted by Crippen LogP contribution is 2.30. The maximum atomic E-state index is 13.6. The van der Waals surface area contributed by atoms with Crippen molar-refractivity contribution in [2.45, 2.75) is 38.6 Å². The number of halogens is 1. The molecule has 2 N–H and O–H groups in total. The van der Waals surface area contributed by atoms with Crippen molar-refractivity contribution >= 4 is 23.1 Å². The van der Waals surface area contributed by atoms with Crippen LogP contribution in [-0.4, -0.2) is 46.0 Å². The highest BCUT2D eigenvalue weighted by Gasteiger charge is 2.26. The fourth-order valence-electron chi connectivity index (χ4n) is 5.03. The topological polar surface area (TPSA) is 76.7 Å². The van der Waals surface area contributed by atoms with Crippen molar-refractivity contribution in [2.75, 3.05) is 24.5 Å². The van der Waals surface area contributed by atoms with Gasteiger partial charge in [-0.1, -0.05) is 12.1 Å². The number of nitrogens with one attached hydrogen (secondary N) is 2. The number of pyridine rings is 1. The summed E-state index contributed by atoms with van der Waals surface area (Å²) in [6.45, 7) is 4.66. The molecule has 2 fully saturated rings. The van der Waals surface area contributed by atoms with Gasteiger partial charge >= 0.3 is 0 Å². The Morgan fingerprint density at radius 3 is 2.79 bits per heavy atom. The number of carbonyl (C=O) groups is 1. The van der Waals surface area contributed by atoms with Crippen LogP contribution in [0.2, 0.25) is 0 Å². The third-order valence-corrected chi connectivity index (χ3v) is 7.00. The molecular weight excluding hydrogens is 419 g/mol. The molecule has 1 aromatic carbocycles. The number of likely N-dealkylation sites (tertiary alicyclic amines) is 1. The average Bonchev–Trinajstić information content (AvgIpc) is 3.22. The lowest BCUT2D eigenvalue weighted by atomic mass is 9.89. The van der Waals surface area contributed by atoms with Gasteiger partial charge in [0.2, 0.25) is 11.9 Å². The van der Waals surface area contributed by atoms with Crippen molar-refractivity contribution in [1.82, 2.24) is 19.8 Å². The maximum Gasteiger partial charge on any atom is 0.228 e. The summed E-state index contributed by atoms with van der Waals surface area (Å²) < 4.78 is 15.4. The van der Waals surface area contributed by atoms with Gasteiger partial charge in [-0.05, 0) is 80.6 Å². The van der Waals surface area contributed by atoms with Crippen molar-refractivity contribution in [3.63, 3.8) is 0 Å². The van der Waals surface area contributed by atoms with E-state index in [2.05, 4.69) is 34.4 Å². The highest BCUT2D eigenvalue weighted by molar-refractivity contribution is 6.08. The molecule has 2 saturated heterocycles. The summed E-state index contributed by atoms with van der Waals surface area (Å²) in [4.78, 5) is 15.8. The van der Waals surface area contributed by atoms with E-state index in [0.29, 0.717) is 18.9 Å². The third kappa shape index (κ3) is 4.48. The quantitative estimate of drug-likeness (QED) is 0.623. The van der Waals surface area contributed by atoms with Crippen LogP contribution in [0, 0.1) is 17.1 Å². The molecule has 5 rings (SSSR count). The van der Waals surface area contributed by atoms with Gasteiger partial charge in [0, 0.05) is 25.2 Å². The van der Waals surface area contributed by atoms with E-state index in [1.807, 2.05) is 16.8 Å². The second-order valence-electron chi connectivity index (χ2n) is 9.11. The van der Waals surface area contributed by atoms with E-state index in [-0.39, 0.29) is 23.7 Å². The minimum atomic E-state index is -0.175. The molecule has 8 heteroatoms. The van der Waals surface area contributed by atoms with Crippen molar-refractivity contribution in [3.05, 3.63) is 65.7 Å². The monoisotopic (exact) mass is 448 g/mol. The molecule has 2 aliphatic rings. The summed E-state index contributed by atoms with van der Waals surface area (Å²) in [5.41, 5.74) is 4.09. The van der Waals surface area contributed by atoms with Gasteiger partial charge in [-0.25, -0.2) is 8.91 Å². The van der Waals surface area contributed by atoms with Gasteiger partial charge in [0.1, 0.15) is 5.82 Å². The fraction of sp³-hybridized carbons (Fsp3) is 0.400. The molecule has 0 radical (unpaired) electrons. The molecule has 172 valence electrons. The summed E-state index contributed by atoms with van der Waals surface area (Å²) in [6, 6.07) is 11.4. The molecule has 1 atom stereocenters. The number of fused-ring (bicyclic) bond motifs is 1. The normalized spacial score (nSPS) is 19.2. The number of hydrogen-bond acceptors (Lipinski definition) is 4. The predicted octanol–water partition coefficient (Wildman–Crippen LogP) is 3.75. The minimum Gasteiger partial charge on any atom is -0.309 e. The molecular formula is C25H29FN6O. The molecule has 1 amide bonds. The molecule has 4 heterocycles. The van der Waals surface area contributed by atoms with Gasteiger partial charge in [0.15, 0.2) is 0 Å². The summed E-state index contributed by atoms with van der Waals surface area (Å²) in [7, 11) is 0. The van der Waals surface area contributed by atoms with E-state index in [0.717, 1.165) is 49.1 Å². The maximum absolute atomic E-state index is 13.6. The van der Waals surface area contributed by atoms with E-state index in [9.17, 15) is 9.18 Å². The first kappa shape index (κ1) is 21.6. The molecule has 0 saturated carbocycles. The second kappa shape index (κ2) is 8.94. The van der Waals surface area contributed by atoms with Gasteiger partial charge < -0.3 is 4.90 Å². The van der Waals surface area contributed by atoms with Gasteiger partial charge in [0.25, 0.3) is 0 Å². The third-order valence-electron chi connectivity index (χ3n) is 7.00. The lowest BCUT2D eigenvalue weighted by Crippen LogP contribution is -2.50. The van der Waals surface area contributed by atoms with E-state index in [1.54, 1.807) is 23.2 Å². The zero-order chi connectivity index (χ0) is 22.9. The Bertz CT molecular complexity index is 1180. The highest BCUT2D eigenvalue weighted by atomic mass is 19.1. The van der Waals surface area contributed by atoms with E-state index in [4.69, 9.17) is 5.41 Å². The van der Waals surface area contributed by atoms with Crippen LogP contribution in [0.4, 0.5) is 10.1 Å². The Labute approximate surface area is 192 Å². The van der Waals surface area contributed by atoms with Crippen molar-refractivity contribution in [1.29, 1.82) is 5.41 Å². The number of guanidine groups is 1. The summed E-state index contributed by atoms with van der Waals surface area (Å²) in [6.07, 6.45) is 7.32.